The van der Waals surface area contributed by atoms with E-state index in [0.717, 1.165) is 10.6 Å². The van der Waals surface area contributed by atoms with Gasteiger partial charge in [0.05, 0.1) is 18.4 Å². The fraction of sp³-hybridized carbons (Fsp3) is 0.211. The van der Waals surface area contributed by atoms with Crippen LogP contribution in [0.2, 0.25) is 0 Å². The Hall–Kier alpha value is -3.40. The summed E-state index contributed by atoms with van der Waals surface area (Å²) >= 11 is 1.33. The van der Waals surface area contributed by atoms with Crippen molar-refractivity contribution in [1.82, 2.24) is 19.9 Å². The lowest BCUT2D eigenvalue weighted by molar-refractivity contribution is -0.134. The van der Waals surface area contributed by atoms with Crippen molar-refractivity contribution >= 4 is 28.3 Å². The Morgan fingerprint density at radius 1 is 1.24 bits per heavy atom. The smallest absolute Gasteiger partial charge is 0.277 e. The number of thiazole rings is 1. The number of nitrogens with zero attached hydrogens (tertiary/aromatic N) is 4. The van der Waals surface area contributed by atoms with E-state index in [4.69, 9.17) is 4.74 Å². The van der Waals surface area contributed by atoms with E-state index in [1.54, 1.807) is 4.90 Å². The fourth-order valence-electron chi connectivity index (χ4n) is 2.81. The molecule has 8 nitrogen and oxygen atoms in total. The van der Waals surface area contributed by atoms with E-state index in [-0.39, 0.29) is 29.9 Å². The standard InChI is InChI=1S/C19H16FN5O3S/c20-12-1-3-13(4-2-12)28-11-17(26)25-8-5-14-16(10-25)29-19(23-14)24-18(27)15-9-21-6-7-22-15/h1-4,6-7,9H,5,8,10-11H2,(H,23,24,27). The van der Waals surface area contributed by atoms with Crippen molar-refractivity contribution in [3.8, 4) is 5.75 Å². The van der Waals surface area contributed by atoms with Crippen molar-refractivity contribution in [2.75, 3.05) is 18.5 Å². The zero-order valence-corrected chi connectivity index (χ0v) is 16.0. The highest BCUT2D eigenvalue weighted by atomic mass is 32.1. The van der Waals surface area contributed by atoms with Crippen LogP contribution in [0.4, 0.5) is 9.52 Å². The highest BCUT2D eigenvalue weighted by Gasteiger charge is 2.25. The number of ether oxygens (including phenoxy) is 1. The van der Waals surface area contributed by atoms with Crippen LogP contribution in [-0.4, -0.2) is 44.8 Å². The molecule has 0 spiro atoms. The summed E-state index contributed by atoms with van der Waals surface area (Å²) in [5.74, 6) is -0.479. The predicted octanol–water partition coefficient (Wildman–Crippen LogP) is 2.29. The summed E-state index contributed by atoms with van der Waals surface area (Å²) < 4.78 is 18.4. The van der Waals surface area contributed by atoms with Gasteiger partial charge >= 0.3 is 0 Å². The zero-order chi connectivity index (χ0) is 20.2. The second kappa shape index (κ2) is 8.31. The first-order chi connectivity index (χ1) is 14.1. The minimum absolute atomic E-state index is 0.129. The second-order valence-electron chi connectivity index (χ2n) is 6.24. The molecule has 0 saturated carbocycles. The van der Waals surface area contributed by atoms with Gasteiger partial charge in [-0.25, -0.2) is 14.4 Å². The van der Waals surface area contributed by atoms with Gasteiger partial charge in [0.2, 0.25) is 0 Å². The summed E-state index contributed by atoms with van der Waals surface area (Å²) in [6.45, 7) is 0.787. The maximum atomic E-state index is 12.9. The number of benzene rings is 1. The summed E-state index contributed by atoms with van der Waals surface area (Å²) in [4.78, 5) is 39.5. The quantitative estimate of drug-likeness (QED) is 0.689. The van der Waals surface area contributed by atoms with E-state index >= 15 is 0 Å². The van der Waals surface area contributed by atoms with Crippen molar-refractivity contribution in [3.63, 3.8) is 0 Å². The van der Waals surface area contributed by atoms with Gasteiger partial charge in [-0.3, -0.25) is 19.9 Å². The first-order valence-electron chi connectivity index (χ1n) is 8.80. The summed E-state index contributed by atoms with van der Waals surface area (Å²) in [6.07, 6.45) is 4.91. The van der Waals surface area contributed by atoms with Crippen molar-refractivity contribution in [2.45, 2.75) is 13.0 Å². The number of rotatable bonds is 5. The number of hydrogen-bond donors (Lipinski definition) is 1. The van der Waals surface area contributed by atoms with Crippen molar-refractivity contribution in [2.24, 2.45) is 0 Å². The minimum atomic E-state index is -0.384. The highest BCUT2D eigenvalue weighted by molar-refractivity contribution is 7.15. The molecule has 2 amide bonds. The Labute approximate surface area is 169 Å². The van der Waals surface area contributed by atoms with E-state index in [9.17, 15) is 14.0 Å². The third-order valence-electron chi connectivity index (χ3n) is 4.28. The molecule has 0 fully saturated rings. The molecule has 0 aliphatic carbocycles. The maximum Gasteiger partial charge on any atom is 0.277 e. The van der Waals surface area contributed by atoms with Crippen LogP contribution >= 0.6 is 11.3 Å². The molecule has 0 bridgehead atoms. The second-order valence-corrected chi connectivity index (χ2v) is 7.33. The third kappa shape index (κ3) is 4.54. The molecule has 0 saturated heterocycles. The van der Waals surface area contributed by atoms with Gasteiger partial charge in [-0.2, -0.15) is 0 Å². The number of anilines is 1. The van der Waals surface area contributed by atoms with Crippen LogP contribution in [0.5, 0.6) is 5.75 Å². The number of fused-ring (bicyclic) bond motifs is 1. The molecule has 4 rings (SSSR count). The predicted molar refractivity (Wildman–Crippen MR) is 103 cm³/mol. The number of aromatic nitrogens is 3. The number of nitrogens with one attached hydrogen (secondary N) is 1. The lowest BCUT2D eigenvalue weighted by Gasteiger charge is -2.26. The van der Waals surface area contributed by atoms with Crippen molar-refractivity contribution in [3.05, 3.63) is 64.9 Å². The van der Waals surface area contributed by atoms with Crippen LogP contribution in [-0.2, 0) is 17.8 Å². The van der Waals surface area contributed by atoms with E-state index in [1.165, 1.54) is 54.2 Å². The van der Waals surface area contributed by atoms with Crippen LogP contribution in [0.25, 0.3) is 0 Å². The summed E-state index contributed by atoms with van der Waals surface area (Å²) in [7, 11) is 0. The van der Waals surface area contributed by atoms with Gasteiger partial charge in [0.25, 0.3) is 11.8 Å². The molecule has 1 aliphatic heterocycles. The maximum absolute atomic E-state index is 12.9. The Balaban J connectivity index is 1.35. The average Bonchev–Trinajstić information content (AvgIpc) is 3.15. The Morgan fingerprint density at radius 3 is 2.83 bits per heavy atom. The number of carbonyl (C=O) groups excluding carboxylic acids is 2. The molecular formula is C19H16FN5O3S. The summed E-state index contributed by atoms with van der Waals surface area (Å²) in [5, 5.41) is 3.18. The molecule has 3 heterocycles. The third-order valence-corrected chi connectivity index (χ3v) is 5.27. The molecule has 2 aromatic heterocycles. The zero-order valence-electron chi connectivity index (χ0n) is 15.2. The topological polar surface area (TPSA) is 97.3 Å². The van der Waals surface area contributed by atoms with Gasteiger partial charge in [-0.1, -0.05) is 11.3 Å². The van der Waals surface area contributed by atoms with Crippen LogP contribution in [0.15, 0.2) is 42.9 Å². The molecule has 10 heteroatoms. The number of hydrogen-bond acceptors (Lipinski definition) is 7. The van der Waals surface area contributed by atoms with Crippen molar-refractivity contribution < 1.29 is 18.7 Å². The van der Waals surface area contributed by atoms with E-state index in [2.05, 4.69) is 20.3 Å². The molecule has 1 aliphatic rings. The van der Waals surface area contributed by atoms with Crippen LogP contribution in [0, 0.1) is 5.82 Å². The first kappa shape index (κ1) is 18.9. The SMILES string of the molecule is O=C(Nc1nc2c(s1)CN(C(=O)COc1ccc(F)cc1)CC2)c1cnccn1. The summed E-state index contributed by atoms with van der Waals surface area (Å²) in [6, 6.07) is 5.51. The van der Waals surface area contributed by atoms with Gasteiger partial charge in [0, 0.05) is 30.2 Å². The molecule has 29 heavy (non-hydrogen) atoms. The molecule has 1 aromatic carbocycles. The first-order valence-corrected chi connectivity index (χ1v) is 9.62. The molecule has 148 valence electrons. The van der Waals surface area contributed by atoms with Crippen molar-refractivity contribution in [1.29, 1.82) is 0 Å². The Bertz CT molecular complexity index is 1030. The molecule has 3 aromatic rings. The lowest BCUT2D eigenvalue weighted by atomic mass is 10.2. The molecule has 0 unspecified atom stereocenters. The fourth-order valence-corrected chi connectivity index (χ4v) is 3.83. The van der Waals surface area contributed by atoms with Gasteiger partial charge in [-0.05, 0) is 24.3 Å². The van der Waals surface area contributed by atoms with E-state index in [1.807, 2.05) is 0 Å². The van der Waals surface area contributed by atoms with Crippen LogP contribution in [0.1, 0.15) is 21.1 Å². The molecular weight excluding hydrogens is 397 g/mol. The monoisotopic (exact) mass is 413 g/mol. The molecule has 1 N–H and O–H groups in total. The van der Waals surface area contributed by atoms with E-state index in [0.29, 0.717) is 30.4 Å². The minimum Gasteiger partial charge on any atom is -0.484 e. The Kier molecular flexibility index (Phi) is 5.43. The van der Waals surface area contributed by atoms with Gasteiger partial charge in [0.1, 0.15) is 17.3 Å². The van der Waals surface area contributed by atoms with Crippen LogP contribution < -0.4 is 10.1 Å². The number of halogens is 1. The van der Waals surface area contributed by atoms with Gasteiger partial charge in [0.15, 0.2) is 11.7 Å². The Morgan fingerprint density at radius 2 is 2.07 bits per heavy atom. The normalized spacial score (nSPS) is 12.9. The average molecular weight is 413 g/mol. The summed E-state index contributed by atoms with van der Waals surface area (Å²) in [5.41, 5.74) is 1.07. The number of amides is 2. The van der Waals surface area contributed by atoms with E-state index < -0.39 is 0 Å². The highest BCUT2D eigenvalue weighted by Crippen LogP contribution is 2.28. The number of carbonyl (C=O) groups is 2. The van der Waals surface area contributed by atoms with Gasteiger partial charge in [-0.15, -0.1) is 0 Å². The molecule has 0 radical (unpaired) electrons. The van der Waals surface area contributed by atoms with Crippen LogP contribution in [0.3, 0.4) is 0 Å². The molecule has 0 atom stereocenters. The lowest BCUT2D eigenvalue weighted by Crippen LogP contribution is -2.38. The van der Waals surface area contributed by atoms with Gasteiger partial charge < -0.3 is 9.64 Å². The largest absolute Gasteiger partial charge is 0.484 e.